The van der Waals surface area contributed by atoms with Gasteiger partial charge in [0.1, 0.15) is 5.60 Å². The number of rotatable bonds is 14. The van der Waals surface area contributed by atoms with Crippen LogP contribution < -0.4 is 5.32 Å². The fourth-order valence-corrected chi connectivity index (χ4v) is 6.63. The van der Waals surface area contributed by atoms with Crippen LogP contribution in [0.2, 0.25) is 0 Å². The standard InChI is InChI=1S/C39H40N2O5/c1-24(17-35(42)32-19-27-13-7-8-14-30(27)25(32)2)38(45)41-34(20-29-22-40-33-16-10-9-15-31(29)33)36(43)21-28(37(44)39(3)23-46-39)18-26-11-5-4-6-12-26/h4-16,22,24,28,34,40H,17-21,23H2,1-3H3,(H,41,45)/t24-,28-,34+,39-/m1/s1. The van der Waals surface area contributed by atoms with Crippen molar-refractivity contribution in [3.8, 4) is 0 Å². The van der Waals surface area contributed by atoms with Gasteiger partial charge in [-0.05, 0) is 54.2 Å². The van der Waals surface area contributed by atoms with E-state index in [4.69, 9.17) is 4.74 Å². The molecule has 1 saturated heterocycles. The highest BCUT2D eigenvalue weighted by Crippen LogP contribution is 2.35. The molecule has 0 spiro atoms. The number of hydrogen-bond acceptors (Lipinski definition) is 5. The molecule has 2 N–H and O–H groups in total. The molecule has 1 amide bonds. The molecule has 236 valence electrons. The van der Waals surface area contributed by atoms with Crippen molar-refractivity contribution in [1.29, 1.82) is 0 Å². The van der Waals surface area contributed by atoms with Gasteiger partial charge in [0.05, 0.1) is 12.6 Å². The minimum absolute atomic E-state index is 0.0301. The summed E-state index contributed by atoms with van der Waals surface area (Å²) in [5, 5.41) is 3.96. The molecule has 2 heterocycles. The van der Waals surface area contributed by atoms with E-state index in [9.17, 15) is 19.2 Å². The van der Waals surface area contributed by atoms with E-state index >= 15 is 0 Å². The second kappa shape index (κ2) is 13.0. The van der Waals surface area contributed by atoms with Crippen molar-refractivity contribution in [2.75, 3.05) is 6.61 Å². The molecule has 1 aliphatic carbocycles. The van der Waals surface area contributed by atoms with Gasteiger partial charge in [0.25, 0.3) is 0 Å². The van der Waals surface area contributed by atoms with Crippen molar-refractivity contribution >= 4 is 39.7 Å². The van der Waals surface area contributed by atoms with E-state index in [1.165, 1.54) is 0 Å². The van der Waals surface area contributed by atoms with E-state index < -0.39 is 23.5 Å². The Bertz CT molecular complexity index is 1830. The summed E-state index contributed by atoms with van der Waals surface area (Å²) < 4.78 is 5.48. The lowest BCUT2D eigenvalue weighted by atomic mass is 9.83. The molecule has 0 bridgehead atoms. The number of nitrogens with one attached hydrogen (secondary N) is 2. The summed E-state index contributed by atoms with van der Waals surface area (Å²) in [5.41, 5.74) is 5.82. The van der Waals surface area contributed by atoms with Crippen LogP contribution in [0.5, 0.6) is 0 Å². The summed E-state index contributed by atoms with van der Waals surface area (Å²) in [6.07, 6.45) is 3.11. The van der Waals surface area contributed by atoms with Gasteiger partial charge in [-0.25, -0.2) is 0 Å². The quantitative estimate of drug-likeness (QED) is 0.169. The van der Waals surface area contributed by atoms with Gasteiger partial charge in [0, 0.05) is 60.2 Å². The smallest absolute Gasteiger partial charge is 0.223 e. The van der Waals surface area contributed by atoms with Gasteiger partial charge in [-0.1, -0.05) is 79.7 Å². The van der Waals surface area contributed by atoms with E-state index in [-0.39, 0.29) is 42.5 Å². The molecule has 46 heavy (non-hydrogen) atoms. The molecule has 0 unspecified atom stereocenters. The maximum absolute atomic E-state index is 14.1. The van der Waals surface area contributed by atoms with Crippen LogP contribution in [0, 0.1) is 11.8 Å². The second-order valence-corrected chi connectivity index (χ2v) is 13.0. The summed E-state index contributed by atoms with van der Waals surface area (Å²) in [6.45, 7) is 5.79. The number of hydrogen-bond donors (Lipinski definition) is 2. The maximum Gasteiger partial charge on any atom is 0.223 e. The van der Waals surface area contributed by atoms with Gasteiger partial charge in [-0.3, -0.25) is 19.2 Å². The Hall–Kier alpha value is -4.62. The van der Waals surface area contributed by atoms with Crippen LogP contribution in [-0.2, 0) is 43.2 Å². The number of aromatic nitrogens is 1. The molecule has 7 nitrogen and oxygen atoms in total. The Morgan fingerprint density at radius 3 is 2.35 bits per heavy atom. The Morgan fingerprint density at radius 1 is 0.913 bits per heavy atom. The molecule has 2 aliphatic rings. The Kier molecular flexibility index (Phi) is 8.87. The van der Waals surface area contributed by atoms with E-state index in [0.29, 0.717) is 19.4 Å². The molecule has 1 aliphatic heterocycles. The number of H-pyrrole nitrogens is 1. The number of carbonyl (C=O) groups excluding carboxylic acids is 4. The largest absolute Gasteiger partial charge is 0.362 e. The monoisotopic (exact) mass is 616 g/mol. The van der Waals surface area contributed by atoms with E-state index in [1.54, 1.807) is 13.8 Å². The Balaban J connectivity index is 1.21. The third-order valence-corrected chi connectivity index (χ3v) is 9.56. The molecular weight excluding hydrogens is 576 g/mol. The highest BCUT2D eigenvalue weighted by molar-refractivity contribution is 6.06. The first-order valence-electron chi connectivity index (χ1n) is 16.0. The average Bonchev–Trinajstić information content (AvgIpc) is 3.55. The van der Waals surface area contributed by atoms with Crippen molar-refractivity contribution in [2.45, 2.75) is 64.5 Å². The predicted octanol–water partition coefficient (Wildman–Crippen LogP) is 6.00. The summed E-state index contributed by atoms with van der Waals surface area (Å²) >= 11 is 0. The molecule has 1 fully saturated rings. The Morgan fingerprint density at radius 2 is 1.61 bits per heavy atom. The van der Waals surface area contributed by atoms with E-state index in [1.807, 2.05) is 92.0 Å². The first kappa shape index (κ1) is 31.4. The van der Waals surface area contributed by atoms with Crippen LogP contribution in [-0.4, -0.2) is 46.5 Å². The molecule has 1 aromatic heterocycles. The lowest BCUT2D eigenvalue weighted by Gasteiger charge is -2.23. The number of ketones is 3. The number of amides is 1. The average molecular weight is 617 g/mol. The topological polar surface area (TPSA) is 109 Å². The molecule has 4 aromatic rings. The number of fused-ring (bicyclic) bond motifs is 2. The molecule has 0 saturated carbocycles. The lowest BCUT2D eigenvalue weighted by Crippen LogP contribution is -2.46. The first-order chi connectivity index (χ1) is 22.1. The summed E-state index contributed by atoms with van der Waals surface area (Å²) in [7, 11) is 0. The van der Waals surface area contributed by atoms with Crippen molar-refractivity contribution in [3.05, 3.63) is 113 Å². The minimum Gasteiger partial charge on any atom is -0.362 e. The number of para-hydroxylation sites is 1. The highest BCUT2D eigenvalue weighted by atomic mass is 16.6. The molecule has 6 rings (SSSR count). The maximum atomic E-state index is 14.1. The Labute approximate surface area is 269 Å². The summed E-state index contributed by atoms with van der Waals surface area (Å²) in [5.74, 6) is -1.97. The zero-order chi connectivity index (χ0) is 32.4. The van der Waals surface area contributed by atoms with E-state index in [0.717, 1.165) is 44.3 Å². The predicted molar refractivity (Wildman–Crippen MR) is 178 cm³/mol. The number of allylic oxidation sites excluding steroid dienone is 2. The molecule has 7 heteroatoms. The number of aromatic amines is 1. The fraction of sp³-hybridized carbons (Fsp3) is 0.333. The van der Waals surface area contributed by atoms with Crippen LogP contribution in [0.4, 0.5) is 0 Å². The zero-order valence-electron chi connectivity index (χ0n) is 26.6. The van der Waals surface area contributed by atoms with Gasteiger partial charge in [0.2, 0.25) is 5.91 Å². The van der Waals surface area contributed by atoms with Crippen LogP contribution >= 0.6 is 0 Å². The van der Waals surface area contributed by atoms with Crippen LogP contribution in [0.15, 0.2) is 90.6 Å². The van der Waals surface area contributed by atoms with Gasteiger partial charge in [0.15, 0.2) is 17.3 Å². The normalized spacial score (nSPS) is 18.9. The second-order valence-electron chi connectivity index (χ2n) is 13.0. The van der Waals surface area contributed by atoms with E-state index in [2.05, 4.69) is 10.3 Å². The minimum atomic E-state index is -0.878. The SMILES string of the molecule is CC1=C(C(=O)C[C@@H](C)C(=O)N[C@@H](Cc2c[nH]c3ccccc23)C(=O)C[C@@H](Cc2ccccc2)C(=O)[C@@]2(C)CO2)Cc2ccccc21. The van der Waals surface area contributed by atoms with Gasteiger partial charge in [-0.2, -0.15) is 0 Å². The van der Waals surface area contributed by atoms with Crippen molar-refractivity contribution < 1.29 is 23.9 Å². The highest BCUT2D eigenvalue weighted by Gasteiger charge is 2.50. The summed E-state index contributed by atoms with van der Waals surface area (Å²) in [6, 6.07) is 24.6. The van der Waals surface area contributed by atoms with Crippen molar-refractivity contribution in [3.63, 3.8) is 0 Å². The van der Waals surface area contributed by atoms with Crippen LogP contribution in [0.3, 0.4) is 0 Å². The first-order valence-corrected chi connectivity index (χ1v) is 16.0. The fourth-order valence-electron chi connectivity index (χ4n) is 6.63. The third-order valence-electron chi connectivity index (χ3n) is 9.56. The number of benzene rings is 3. The van der Waals surface area contributed by atoms with Crippen molar-refractivity contribution in [1.82, 2.24) is 10.3 Å². The van der Waals surface area contributed by atoms with Gasteiger partial charge < -0.3 is 15.0 Å². The van der Waals surface area contributed by atoms with Crippen molar-refractivity contribution in [2.24, 2.45) is 11.8 Å². The van der Waals surface area contributed by atoms with Gasteiger partial charge >= 0.3 is 0 Å². The zero-order valence-corrected chi connectivity index (χ0v) is 26.6. The van der Waals surface area contributed by atoms with Crippen LogP contribution in [0.1, 0.15) is 55.9 Å². The number of Topliss-reactive ketones (excluding diaryl/α,β-unsaturated/α-hetero) is 3. The number of epoxide rings is 1. The molecule has 3 aromatic carbocycles. The molecular formula is C39H40N2O5. The number of carbonyl (C=O) groups is 4. The summed E-state index contributed by atoms with van der Waals surface area (Å²) in [4.78, 5) is 58.0. The lowest BCUT2D eigenvalue weighted by molar-refractivity contribution is -0.134. The van der Waals surface area contributed by atoms with Gasteiger partial charge in [-0.15, -0.1) is 0 Å². The molecule has 0 radical (unpaired) electrons. The van der Waals surface area contributed by atoms with Crippen LogP contribution in [0.25, 0.3) is 16.5 Å². The third kappa shape index (κ3) is 6.65. The molecule has 4 atom stereocenters. The number of ether oxygens (including phenoxy) is 1.